The molecule has 7 nitrogen and oxygen atoms in total. The molecule has 0 atom stereocenters. The monoisotopic (exact) mass is 554 g/mol. The molecule has 0 aromatic heterocycles. The summed E-state index contributed by atoms with van der Waals surface area (Å²) in [4.78, 5) is 39.2. The van der Waals surface area contributed by atoms with Gasteiger partial charge in [-0.3, -0.25) is 14.9 Å². The third kappa shape index (κ3) is 5.23. The summed E-state index contributed by atoms with van der Waals surface area (Å²) in [7, 11) is 1.49. The van der Waals surface area contributed by atoms with Crippen LogP contribution in [0.2, 0.25) is 5.02 Å². The molecule has 9 heteroatoms. The zero-order chi connectivity index (χ0) is 25.1. The Balaban J connectivity index is 1.67. The Morgan fingerprint density at radius 1 is 1.06 bits per heavy atom. The summed E-state index contributed by atoms with van der Waals surface area (Å²) in [6.45, 7) is 2.06. The Morgan fingerprint density at radius 2 is 1.80 bits per heavy atom. The van der Waals surface area contributed by atoms with Gasteiger partial charge in [0.2, 0.25) is 0 Å². The van der Waals surface area contributed by atoms with Gasteiger partial charge in [0.1, 0.15) is 12.2 Å². The molecule has 0 radical (unpaired) electrons. The second kappa shape index (κ2) is 10.3. The number of barbiturate groups is 1. The van der Waals surface area contributed by atoms with E-state index in [0.29, 0.717) is 44.4 Å². The number of halogens is 2. The summed E-state index contributed by atoms with van der Waals surface area (Å²) in [6, 6.07) is 17.0. The molecule has 3 aromatic rings. The molecule has 0 unspecified atom stereocenters. The summed E-state index contributed by atoms with van der Waals surface area (Å²) >= 11 is 9.56. The Labute approximate surface area is 215 Å². The minimum Gasteiger partial charge on any atom is -0.493 e. The number of imide groups is 2. The lowest BCUT2D eigenvalue weighted by Gasteiger charge is -2.27. The zero-order valence-corrected chi connectivity index (χ0v) is 21.1. The number of nitrogens with one attached hydrogen (secondary N) is 1. The summed E-state index contributed by atoms with van der Waals surface area (Å²) in [6.07, 6.45) is 1.39. The van der Waals surface area contributed by atoms with Crippen molar-refractivity contribution in [1.82, 2.24) is 5.32 Å². The van der Waals surface area contributed by atoms with Gasteiger partial charge in [-0.2, -0.15) is 0 Å². The number of anilines is 1. The van der Waals surface area contributed by atoms with E-state index in [1.165, 1.54) is 19.3 Å². The number of urea groups is 1. The van der Waals surface area contributed by atoms with Crippen molar-refractivity contribution in [3.63, 3.8) is 0 Å². The van der Waals surface area contributed by atoms with Crippen molar-refractivity contribution in [1.29, 1.82) is 0 Å². The summed E-state index contributed by atoms with van der Waals surface area (Å²) in [5, 5.41) is 2.57. The lowest BCUT2D eigenvalue weighted by molar-refractivity contribution is -0.122. The topological polar surface area (TPSA) is 84.9 Å². The number of carbonyl (C=O) groups excluding carboxylic acids is 3. The van der Waals surface area contributed by atoms with Crippen LogP contribution in [-0.2, 0) is 16.2 Å². The van der Waals surface area contributed by atoms with Gasteiger partial charge < -0.3 is 9.47 Å². The molecule has 3 aromatic carbocycles. The maximum Gasteiger partial charge on any atom is 0.335 e. The van der Waals surface area contributed by atoms with E-state index in [1.54, 1.807) is 31.2 Å². The van der Waals surface area contributed by atoms with E-state index in [-0.39, 0.29) is 5.57 Å². The van der Waals surface area contributed by atoms with Crippen LogP contribution in [0.3, 0.4) is 0 Å². The van der Waals surface area contributed by atoms with E-state index in [9.17, 15) is 14.4 Å². The predicted octanol–water partition coefficient (Wildman–Crippen LogP) is 5.66. The number of rotatable bonds is 6. The molecule has 0 aliphatic carbocycles. The summed E-state index contributed by atoms with van der Waals surface area (Å²) in [5.74, 6) is -0.673. The number of carbonyl (C=O) groups is 3. The smallest absolute Gasteiger partial charge is 0.335 e. The van der Waals surface area contributed by atoms with E-state index < -0.39 is 17.8 Å². The van der Waals surface area contributed by atoms with Gasteiger partial charge in [-0.25, -0.2) is 9.69 Å². The fourth-order valence-corrected chi connectivity index (χ4v) is 4.30. The molecular weight excluding hydrogens is 536 g/mol. The van der Waals surface area contributed by atoms with Crippen molar-refractivity contribution < 1.29 is 23.9 Å². The Bertz CT molecular complexity index is 1360. The van der Waals surface area contributed by atoms with Crippen molar-refractivity contribution in [2.75, 3.05) is 12.0 Å². The average molecular weight is 556 g/mol. The van der Waals surface area contributed by atoms with Gasteiger partial charge in [-0.05, 0) is 69.9 Å². The Morgan fingerprint density at radius 3 is 2.51 bits per heavy atom. The van der Waals surface area contributed by atoms with Crippen LogP contribution in [-0.4, -0.2) is 25.0 Å². The Hall–Kier alpha value is -3.62. The quantitative estimate of drug-likeness (QED) is 0.313. The van der Waals surface area contributed by atoms with Gasteiger partial charge >= 0.3 is 6.03 Å². The number of amides is 4. The van der Waals surface area contributed by atoms with Crippen LogP contribution in [0.5, 0.6) is 11.5 Å². The molecule has 1 aliphatic rings. The minimum absolute atomic E-state index is 0.212. The van der Waals surface area contributed by atoms with Crippen LogP contribution in [0.1, 0.15) is 16.7 Å². The minimum atomic E-state index is -0.842. The van der Waals surface area contributed by atoms with Crippen LogP contribution in [0, 0.1) is 6.92 Å². The first-order valence-electron chi connectivity index (χ1n) is 10.5. The fourth-order valence-electron chi connectivity index (χ4n) is 3.56. The van der Waals surface area contributed by atoms with Crippen LogP contribution in [0.15, 0.2) is 70.7 Å². The number of nitrogens with zero attached hydrogens (tertiary/aromatic N) is 1. The summed E-state index contributed by atoms with van der Waals surface area (Å²) < 4.78 is 12.0. The third-order valence-corrected chi connectivity index (χ3v) is 6.13. The molecule has 1 saturated heterocycles. The predicted molar refractivity (Wildman–Crippen MR) is 137 cm³/mol. The maximum absolute atomic E-state index is 13.2. The van der Waals surface area contributed by atoms with Gasteiger partial charge in [-0.1, -0.05) is 48.0 Å². The lowest BCUT2D eigenvalue weighted by atomic mass is 10.1. The molecular formula is C26H20BrClN2O5. The molecule has 1 N–H and O–H groups in total. The first kappa shape index (κ1) is 24.5. The number of methoxy groups -OCH3 is 1. The molecule has 1 fully saturated rings. The van der Waals surface area contributed by atoms with Gasteiger partial charge in [0.05, 0.1) is 17.3 Å². The highest BCUT2D eigenvalue weighted by molar-refractivity contribution is 9.10. The number of aryl methyl sites for hydroxylation is 1. The van der Waals surface area contributed by atoms with E-state index in [4.69, 9.17) is 21.1 Å². The van der Waals surface area contributed by atoms with Gasteiger partial charge in [0.25, 0.3) is 11.8 Å². The maximum atomic E-state index is 13.2. The number of ether oxygens (including phenoxy) is 2. The summed E-state index contributed by atoms with van der Waals surface area (Å²) in [5.41, 5.74) is 2.21. The molecule has 1 heterocycles. The van der Waals surface area contributed by atoms with Crippen molar-refractivity contribution in [2.24, 2.45) is 0 Å². The largest absolute Gasteiger partial charge is 0.493 e. The SMILES string of the molecule is COc1cc(/C=C2\C(=O)NC(=O)N(c3cc(Cl)ccc3C)C2=O)cc(Br)c1OCc1ccccc1. The van der Waals surface area contributed by atoms with E-state index in [2.05, 4.69) is 21.2 Å². The van der Waals surface area contributed by atoms with Gasteiger partial charge in [0, 0.05) is 5.02 Å². The molecule has 1 aliphatic heterocycles. The second-order valence-corrected chi connectivity index (χ2v) is 8.99. The van der Waals surface area contributed by atoms with E-state index in [1.807, 2.05) is 30.3 Å². The van der Waals surface area contributed by atoms with Crippen LogP contribution in [0.4, 0.5) is 10.5 Å². The third-order valence-electron chi connectivity index (χ3n) is 5.30. The molecule has 35 heavy (non-hydrogen) atoms. The highest BCUT2D eigenvalue weighted by Gasteiger charge is 2.37. The standard InChI is InChI=1S/C26H20BrClN2O5/c1-15-8-9-18(28)13-21(15)30-25(32)19(24(31)29-26(30)33)10-17-11-20(27)23(22(12-17)34-2)35-14-16-6-4-3-5-7-16/h3-13H,14H2,1-2H3,(H,29,31,33)/b19-10+. The second-order valence-electron chi connectivity index (χ2n) is 7.70. The van der Waals surface area contributed by atoms with Crippen molar-refractivity contribution >= 4 is 57.1 Å². The first-order chi connectivity index (χ1) is 16.8. The van der Waals surface area contributed by atoms with Crippen molar-refractivity contribution in [2.45, 2.75) is 13.5 Å². The number of hydrogen-bond donors (Lipinski definition) is 1. The van der Waals surface area contributed by atoms with Gasteiger partial charge in [-0.15, -0.1) is 0 Å². The van der Waals surface area contributed by atoms with E-state index in [0.717, 1.165) is 10.5 Å². The van der Waals surface area contributed by atoms with Crippen LogP contribution >= 0.6 is 27.5 Å². The van der Waals surface area contributed by atoms with Gasteiger partial charge in [0.15, 0.2) is 11.5 Å². The zero-order valence-electron chi connectivity index (χ0n) is 18.8. The molecule has 4 rings (SSSR count). The highest BCUT2D eigenvalue weighted by atomic mass is 79.9. The molecule has 0 bridgehead atoms. The van der Waals surface area contributed by atoms with Crippen molar-refractivity contribution in [3.8, 4) is 11.5 Å². The normalized spacial score (nSPS) is 14.8. The molecule has 178 valence electrons. The van der Waals surface area contributed by atoms with Crippen LogP contribution in [0.25, 0.3) is 6.08 Å². The number of benzene rings is 3. The van der Waals surface area contributed by atoms with Crippen molar-refractivity contribution in [3.05, 3.63) is 92.4 Å². The number of hydrogen-bond acceptors (Lipinski definition) is 5. The average Bonchev–Trinajstić information content (AvgIpc) is 2.83. The lowest BCUT2D eigenvalue weighted by Crippen LogP contribution is -2.54. The Kier molecular flexibility index (Phi) is 7.23. The van der Waals surface area contributed by atoms with E-state index >= 15 is 0 Å². The first-order valence-corrected chi connectivity index (χ1v) is 11.7. The van der Waals surface area contributed by atoms with Crippen LogP contribution < -0.4 is 19.7 Å². The fraction of sp³-hybridized carbons (Fsp3) is 0.115. The molecule has 4 amide bonds. The highest BCUT2D eigenvalue weighted by Crippen LogP contribution is 2.38. The molecule has 0 saturated carbocycles. The molecule has 0 spiro atoms.